The maximum Gasteiger partial charge on any atom is 0.410 e. The van der Waals surface area contributed by atoms with Gasteiger partial charge in [-0.05, 0) is 45.4 Å². The Balaban J connectivity index is 1.90. The average molecular weight is 278 g/mol. The molecule has 1 unspecified atom stereocenters. The Morgan fingerprint density at radius 3 is 2.65 bits per heavy atom. The summed E-state index contributed by atoms with van der Waals surface area (Å²) in [5.74, 6) is 0.964. The van der Waals surface area contributed by atoms with Gasteiger partial charge in [-0.1, -0.05) is 24.3 Å². The highest BCUT2D eigenvalue weighted by molar-refractivity contribution is 5.68. The second kappa shape index (κ2) is 6.00. The van der Waals surface area contributed by atoms with Gasteiger partial charge in [-0.25, -0.2) is 4.79 Å². The molecule has 2 rings (SSSR count). The first-order chi connectivity index (χ1) is 9.37. The molecule has 3 atom stereocenters. The lowest BCUT2D eigenvalue weighted by molar-refractivity contribution is 0.0140. The standard InChI is InChI=1S/C16H26N2O2/c1-16(2,3)20-15(19)18-10-9-13(14(17)11-18)12-7-5-4-6-8-12/h4-7,12-14H,8-11,17H2,1-3H3/t12?,13-,14-/m0/s1. The van der Waals surface area contributed by atoms with Crippen molar-refractivity contribution in [2.45, 2.75) is 45.3 Å². The van der Waals surface area contributed by atoms with Crippen molar-refractivity contribution in [3.05, 3.63) is 24.3 Å². The molecule has 0 saturated carbocycles. The van der Waals surface area contributed by atoms with Crippen LogP contribution in [0.2, 0.25) is 0 Å². The van der Waals surface area contributed by atoms with Crippen LogP contribution in [0.5, 0.6) is 0 Å². The summed E-state index contributed by atoms with van der Waals surface area (Å²) in [7, 11) is 0. The minimum Gasteiger partial charge on any atom is -0.444 e. The van der Waals surface area contributed by atoms with Crippen LogP contribution in [0.4, 0.5) is 4.79 Å². The van der Waals surface area contributed by atoms with Gasteiger partial charge in [-0.3, -0.25) is 0 Å². The summed E-state index contributed by atoms with van der Waals surface area (Å²) in [4.78, 5) is 13.8. The number of rotatable bonds is 1. The van der Waals surface area contributed by atoms with Crippen molar-refractivity contribution < 1.29 is 9.53 Å². The Morgan fingerprint density at radius 2 is 2.10 bits per heavy atom. The molecule has 1 fully saturated rings. The van der Waals surface area contributed by atoms with Crippen molar-refractivity contribution in [1.29, 1.82) is 0 Å². The maximum atomic E-state index is 12.1. The van der Waals surface area contributed by atoms with Crippen LogP contribution < -0.4 is 5.73 Å². The van der Waals surface area contributed by atoms with Gasteiger partial charge in [0.25, 0.3) is 0 Å². The number of ether oxygens (including phenoxy) is 1. The van der Waals surface area contributed by atoms with E-state index in [-0.39, 0.29) is 12.1 Å². The van der Waals surface area contributed by atoms with E-state index in [1.165, 1.54) is 0 Å². The Hall–Kier alpha value is -1.29. The predicted octanol–water partition coefficient (Wildman–Crippen LogP) is 2.70. The first-order valence-electron chi connectivity index (χ1n) is 7.43. The van der Waals surface area contributed by atoms with E-state index in [9.17, 15) is 4.79 Å². The molecular formula is C16H26N2O2. The van der Waals surface area contributed by atoms with Gasteiger partial charge in [0, 0.05) is 19.1 Å². The van der Waals surface area contributed by atoms with Crippen LogP contribution >= 0.6 is 0 Å². The third-order valence-electron chi connectivity index (χ3n) is 3.93. The summed E-state index contributed by atoms with van der Waals surface area (Å²) in [6.45, 7) is 6.99. The van der Waals surface area contributed by atoms with Gasteiger partial charge >= 0.3 is 6.09 Å². The number of carbonyl (C=O) groups excluding carboxylic acids is 1. The van der Waals surface area contributed by atoms with Crippen molar-refractivity contribution in [2.24, 2.45) is 17.6 Å². The number of allylic oxidation sites excluding steroid dienone is 4. The van der Waals surface area contributed by atoms with Gasteiger partial charge in [-0.2, -0.15) is 0 Å². The molecule has 1 aliphatic carbocycles. The van der Waals surface area contributed by atoms with Crippen molar-refractivity contribution in [2.75, 3.05) is 13.1 Å². The van der Waals surface area contributed by atoms with Gasteiger partial charge < -0.3 is 15.4 Å². The quantitative estimate of drug-likeness (QED) is 0.802. The average Bonchev–Trinajstić information content (AvgIpc) is 2.37. The monoisotopic (exact) mass is 278 g/mol. The summed E-state index contributed by atoms with van der Waals surface area (Å²) in [5, 5.41) is 0. The minimum absolute atomic E-state index is 0.0254. The van der Waals surface area contributed by atoms with Gasteiger partial charge in [0.2, 0.25) is 0 Å². The first-order valence-corrected chi connectivity index (χ1v) is 7.43. The Bertz CT molecular complexity index is 409. The van der Waals surface area contributed by atoms with Gasteiger partial charge in [0.15, 0.2) is 0 Å². The van der Waals surface area contributed by atoms with E-state index in [0.29, 0.717) is 18.4 Å². The molecule has 4 nitrogen and oxygen atoms in total. The summed E-state index contributed by atoms with van der Waals surface area (Å²) in [6, 6.07) is 0.0254. The fourth-order valence-corrected chi connectivity index (χ4v) is 2.94. The SMILES string of the molecule is CC(C)(C)OC(=O)N1CC[C@@H](C2C=CC=CC2)[C@@H](N)C1. The number of hydrogen-bond donors (Lipinski definition) is 1. The molecule has 4 heteroatoms. The summed E-state index contributed by atoms with van der Waals surface area (Å²) in [6.07, 6.45) is 10.4. The molecule has 1 aliphatic heterocycles. The van der Waals surface area contributed by atoms with Crippen LogP contribution in [0.15, 0.2) is 24.3 Å². The minimum atomic E-state index is -0.449. The smallest absolute Gasteiger partial charge is 0.410 e. The highest BCUT2D eigenvalue weighted by Gasteiger charge is 2.34. The van der Waals surface area contributed by atoms with Gasteiger partial charge in [-0.15, -0.1) is 0 Å². The van der Waals surface area contributed by atoms with E-state index in [2.05, 4.69) is 24.3 Å². The Labute approximate surface area is 121 Å². The van der Waals surface area contributed by atoms with Crippen molar-refractivity contribution >= 4 is 6.09 Å². The molecule has 2 aliphatic rings. The zero-order chi connectivity index (χ0) is 14.8. The van der Waals surface area contributed by atoms with E-state index in [4.69, 9.17) is 10.5 Å². The number of nitrogens with two attached hydrogens (primary N) is 1. The van der Waals surface area contributed by atoms with E-state index >= 15 is 0 Å². The molecule has 0 spiro atoms. The summed E-state index contributed by atoms with van der Waals surface area (Å²) < 4.78 is 5.41. The van der Waals surface area contributed by atoms with Crippen LogP contribution in [-0.4, -0.2) is 35.7 Å². The van der Waals surface area contributed by atoms with Gasteiger partial charge in [0.1, 0.15) is 5.60 Å². The maximum absolute atomic E-state index is 12.1. The molecule has 0 aromatic rings. The van der Waals surface area contributed by atoms with E-state index in [1.807, 2.05) is 20.8 Å². The molecule has 1 amide bonds. The molecule has 0 bridgehead atoms. The number of likely N-dealkylation sites (tertiary alicyclic amines) is 1. The topological polar surface area (TPSA) is 55.6 Å². The van der Waals surface area contributed by atoms with Crippen LogP contribution in [0.1, 0.15) is 33.6 Å². The van der Waals surface area contributed by atoms with Crippen molar-refractivity contribution in [3.63, 3.8) is 0 Å². The Morgan fingerprint density at radius 1 is 1.35 bits per heavy atom. The van der Waals surface area contributed by atoms with Gasteiger partial charge in [0.05, 0.1) is 0 Å². The summed E-state index contributed by atoms with van der Waals surface area (Å²) in [5.41, 5.74) is 5.84. The van der Waals surface area contributed by atoms with Crippen LogP contribution in [0, 0.1) is 11.8 Å². The van der Waals surface area contributed by atoms with Crippen molar-refractivity contribution in [1.82, 2.24) is 4.90 Å². The second-order valence-electron chi connectivity index (χ2n) is 6.76. The van der Waals surface area contributed by atoms with Crippen molar-refractivity contribution in [3.8, 4) is 0 Å². The molecule has 0 aromatic heterocycles. The van der Waals surface area contributed by atoms with Crippen LogP contribution in [-0.2, 0) is 4.74 Å². The molecule has 2 N–H and O–H groups in total. The van der Waals surface area contributed by atoms with E-state index in [1.54, 1.807) is 4.90 Å². The predicted molar refractivity (Wildman–Crippen MR) is 80.3 cm³/mol. The molecule has 1 heterocycles. The molecular weight excluding hydrogens is 252 g/mol. The molecule has 0 radical (unpaired) electrons. The van der Waals surface area contributed by atoms with Crippen LogP contribution in [0.3, 0.4) is 0 Å². The van der Waals surface area contributed by atoms with Crippen LogP contribution in [0.25, 0.3) is 0 Å². The molecule has 20 heavy (non-hydrogen) atoms. The normalized spacial score (nSPS) is 30.4. The number of carbonyl (C=O) groups is 1. The lowest BCUT2D eigenvalue weighted by Gasteiger charge is -2.40. The molecule has 1 saturated heterocycles. The van der Waals surface area contributed by atoms with E-state index in [0.717, 1.165) is 19.4 Å². The third-order valence-corrected chi connectivity index (χ3v) is 3.93. The lowest BCUT2D eigenvalue weighted by atomic mass is 9.78. The lowest BCUT2D eigenvalue weighted by Crippen LogP contribution is -2.53. The number of nitrogens with zero attached hydrogens (tertiary/aromatic N) is 1. The second-order valence-corrected chi connectivity index (χ2v) is 6.76. The third kappa shape index (κ3) is 3.85. The number of hydrogen-bond acceptors (Lipinski definition) is 3. The zero-order valence-electron chi connectivity index (χ0n) is 12.7. The number of piperidine rings is 1. The summed E-state index contributed by atoms with van der Waals surface area (Å²) >= 11 is 0. The highest BCUT2D eigenvalue weighted by Crippen LogP contribution is 2.30. The molecule has 0 aromatic carbocycles. The zero-order valence-corrected chi connectivity index (χ0v) is 12.7. The first kappa shape index (κ1) is 15.1. The Kier molecular flexibility index (Phi) is 4.53. The van der Waals surface area contributed by atoms with E-state index < -0.39 is 5.60 Å². The fraction of sp³-hybridized carbons (Fsp3) is 0.688. The molecule has 112 valence electrons. The highest BCUT2D eigenvalue weighted by atomic mass is 16.6. The largest absolute Gasteiger partial charge is 0.444 e. The number of amides is 1. The fourth-order valence-electron chi connectivity index (χ4n) is 2.94.